The molecule has 0 atom stereocenters. The molecule has 2 N–H and O–H groups in total. The highest BCUT2D eigenvalue weighted by atomic mass is 35.5. The van der Waals surface area contributed by atoms with Crippen molar-refractivity contribution in [2.45, 2.75) is 6.92 Å². The maximum atomic E-state index is 11.5. The Morgan fingerprint density at radius 3 is 2.71 bits per heavy atom. The number of anilines is 1. The molecule has 76 valence electrons. The van der Waals surface area contributed by atoms with E-state index >= 15 is 0 Å². The molecule has 0 bridgehead atoms. The number of alkyl halides is 1. The van der Waals surface area contributed by atoms with Crippen LogP contribution < -0.4 is 10.5 Å². The first-order valence-electron chi connectivity index (χ1n) is 4.14. The minimum atomic E-state index is -0.218. The Labute approximate surface area is 87.8 Å². The van der Waals surface area contributed by atoms with E-state index in [9.17, 15) is 4.79 Å². The van der Waals surface area contributed by atoms with E-state index in [0.29, 0.717) is 17.0 Å². The molecule has 0 unspecified atom stereocenters. The van der Waals surface area contributed by atoms with Crippen LogP contribution in [0.3, 0.4) is 0 Å². The highest BCUT2D eigenvalue weighted by molar-refractivity contribution is 6.31. The van der Waals surface area contributed by atoms with E-state index < -0.39 is 0 Å². The number of ketones is 1. The Balaban J connectivity index is 3.35. The summed E-state index contributed by atoms with van der Waals surface area (Å²) in [7, 11) is 1.50. The lowest BCUT2D eigenvalue weighted by Crippen LogP contribution is -2.08. The normalized spacial score (nSPS) is 9.93. The van der Waals surface area contributed by atoms with Gasteiger partial charge in [-0.1, -0.05) is 6.07 Å². The molecule has 0 aliphatic rings. The Bertz CT molecular complexity index is 363. The second kappa shape index (κ2) is 4.33. The minimum absolute atomic E-state index is 0.0932. The lowest BCUT2D eigenvalue weighted by molar-refractivity contribution is 0.101. The average Bonchev–Trinajstić information content (AvgIpc) is 2.20. The summed E-state index contributed by atoms with van der Waals surface area (Å²) in [5.41, 5.74) is 7.44. The van der Waals surface area contributed by atoms with Crippen molar-refractivity contribution in [1.82, 2.24) is 0 Å². The molecule has 1 aromatic rings. The summed E-state index contributed by atoms with van der Waals surface area (Å²) in [6, 6.07) is 3.52. The molecule has 0 heterocycles. The standard InChI is InChI=1S/C10H12ClNO2/c1-6-3-4-8(14-2)9(10(6)12)7(13)5-11/h3-4H,5,12H2,1-2H3. The summed E-state index contributed by atoms with van der Waals surface area (Å²) in [5, 5.41) is 0. The van der Waals surface area contributed by atoms with Crippen molar-refractivity contribution in [3.8, 4) is 5.75 Å². The Kier molecular flexibility index (Phi) is 3.36. The molecular weight excluding hydrogens is 202 g/mol. The van der Waals surface area contributed by atoms with E-state index in [1.165, 1.54) is 7.11 Å². The second-order valence-corrected chi connectivity index (χ2v) is 3.20. The summed E-state index contributed by atoms with van der Waals surface area (Å²) >= 11 is 5.48. The number of carbonyl (C=O) groups excluding carboxylic acids is 1. The number of hydrogen-bond donors (Lipinski definition) is 1. The number of nitrogens with two attached hydrogens (primary N) is 1. The number of nitrogen functional groups attached to an aromatic ring is 1. The van der Waals surface area contributed by atoms with Gasteiger partial charge in [0.15, 0.2) is 5.78 Å². The smallest absolute Gasteiger partial charge is 0.183 e. The molecule has 0 aliphatic heterocycles. The van der Waals surface area contributed by atoms with Gasteiger partial charge in [0.1, 0.15) is 5.75 Å². The Morgan fingerprint density at radius 1 is 1.57 bits per heavy atom. The number of aryl methyl sites for hydroxylation is 1. The van der Waals surface area contributed by atoms with Crippen LogP contribution >= 0.6 is 11.6 Å². The van der Waals surface area contributed by atoms with Gasteiger partial charge in [0.25, 0.3) is 0 Å². The summed E-state index contributed by atoms with van der Waals surface area (Å²) in [6.07, 6.45) is 0. The number of carbonyl (C=O) groups is 1. The van der Waals surface area contributed by atoms with E-state index in [1.54, 1.807) is 12.1 Å². The molecular formula is C10H12ClNO2. The van der Waals surface area contributed by atoms with Crippen LogP contribution in [0.5, 0.6) is 5.75 Å². The molecule has 0 saturated carbocycles. The van der Waals surface area contributed by atoms with Crippen LogP contribution in [0.4, 0.5) is 5.69 Å². The van der Waals surface area contributed by atoms with E-state index in [0.717, 1.165) is 5.56 Å². The fraction of sp³-hybridized carbons (Fsp3) is 0.300. The van der Waals surface area contributed by atoms with Gasteiger partial charge in [0, 0.05) is 5.69 Å². The van der Waals surface area contributed by atoms with Crippen molar-refractivity contribution in [3.63, 3.8) is 0 Å². The van der Waals surface area contributed by atoms with Crippen molar-refractivity contribution < 1.29 is 9.53 Å². The van der Waals surface area contributed by atoms with Gasteiger partial charge < -0.3 is 10.5 Å². The molecule has 0 aromatic heterocycles. The number of ether oxygens (including phenoxy) is 1. The van der Waals surface area contributed by atoms with Crippen molar-refractivity contribution in [3.05, 3.63) is 23.3 Å². The molecule has 4 heteroatoms. The number of methoxy groups -OCH3 is 1. The van der Waals surface area contributed by atoms with Crippen LogP contribution in [0.15, 0.2) is 12.1 Å². The Hall–Kier alpha value is -1.22. The van der Waals surface area contributed by atoms with Gasteiger partial charge in [0.2, 0.25) is 0 Å². The van der Waals surface area contributed by atoms with Crippen LogP contribution in [0.25, 0.3) is 0 Å². The fourth-order valence-electron chi connectivity index (χ4n) is 1.23. The molecule has 0 saturated heterocycles. The first-order valence-corrected chi connectivity index (χ1v) is 4.67. The topological polar surface area (TPSA) is 52.3 Å². The predicted octanol–water partition coefficient (Wildman–Crippen LogP) is 2.01. The van der Waals surface area contributed by atoms with Gasteiger partial charge in [0.05, 0.1) is 18.6 Å². The van der Waals surface area contributed by atoms with E-state index in [1.807, 2.05) is 6.92 Å². The van der Waals surface area contributed by atoms with Crippen molar-refractivity contribution in [2.24, 2.45) is 0 Å². The van der Waals surface area contributed by atoms with Crippen LogP contribution in [-0.2, 0) is 0 Å². The van der Waals surface area contributed by atoms with Gasteiger partial charge in [-0.25, -0.2) is 0 Å². The van der Waals surface area contributed by atoms with Gasteiger partial charge in [-0.05, 0) is 18.6 Å². The molecule has 3 nitrogen and oxygen atoms in total. The average molecular weight is 214 g/mol. The summed E-state index contributed by atoms with van der Waals surface area (Å²) in [4.78, 5) is 11.5. The highest BCUT2D eigenvalue weighted by Gasteiger charge is 2.16. The van der Waals surface area contributed by atoms with E-state index in [-0.39, 0.29) is 11.7 Å². The van der Waals surface area contributed by atoms with E-state index in [4.69, 9.17) is 22.1 Å². The first-order chi connectivity index (χ1) is 6.61. The van der Waals surface area contributed by atoms with Crippen LogP contribution in [0, 0.1) is 6.92 Å². The predicted molar refractivity (Wildman–Crippen MR) is 57.2 cm³/mol. The molecule has 14 heavy (non-hydrogen) atoms. The monoisotopic (exact) mass is 213 g/mol. The number of Topliss-reactive ketones (excluding diaryl/α,β-unsaturated/α-hetero) is 1. The molecule has 0 spiro atoms. The van der Waals surface area contributed by atoms with Gasteiger partial charge in [-0.3, -0.25) is 4.79 Å². The molecule has 0 amide bonds. The van der Waals surface area contributed by atoms with Crippen LogP contribution in [-0.4, -0.2) is 18.8 Å². The van der Waals surface area contributed by atoms with Crippen molar-refractivity contribution in [2.75, 3.05) is 18.7 Å². The second-order valence-electron chi connectivity index (χ2n) is 2.93. The van der Waals surface area contributed by atoms with E-state index in [2.05, 4.69) is 0 Å². The third kappa shape index (κ3) is 1.82. The Morgan fingerprint density at radius 2 is 2.21 bits per heavy atom. The zero-order valence-electron chi connectivity index (χ0n) is 8.13. The molecule has 0 radical (unpaired) electrons. The fourth-order valence-corrected chi connectivity index (χ4v) is 1.36. The van der Waals surface area contributed by atoms with Crippen molar-refractivity contribution >= 4 is 23.1 Å². The summed E-state index contributed by atoms with van der Waals surface area (Å²) < 4.78 is 5.04. The molecule has 0 fully saturated rings. The van der Waals surface area contributed by atoms with Gasteiger partial charge in [-0.15, -0.1) is 11.6 Å². The minimum Gasteiger partial charge on any atom is -0.496 e. The number of benzene rings is 1. The third-order valence-electron chi connectivity index (χ3n) is 2.05. The SMILES string of the molecule is COc1ccc(C)c(N)c1C(=O)CCl. The number of hydrogen-bond acceptors (Lipinski definition) is 3. The quantitative estimate of drug-likeness (QED) is 0.475. The highest BCUT2D eigenvalue weighted by Crippen LogP contribution is 2.27. The summed E-state index contributed by atoms with van der Waals surface area (Å²) in [6.45, 7) is 1.83. The van der Waals surface area contributed by atoms with Gasteiger partial charge >= 0.3 is 0 Å². The number of rotatable bonds is 3. The third-order valence-corrected chi connectivity index (χ3v) is 2.29. The maximum absolute atomic E-state index is 11.5. The maximum Gasteiger partial charge on any atom is 0.183 e. The largest absolute Gasteiger partial charge is 0.496 e. The lowest BCUT2D eigenvalue weighted by atomic mass is 10.0. The van der Waals surface area contributed by atoms with Crippen LogP contribution in [0.2, 0.25) is 0 Å². The van der Waals surface area contributed by atoms with Crippen LogP contribution in [0.1, 0.15) is 15.9 Å². The lowest BCUT2D eigenvalue weighted by Gasteiger charge is -2.11. The van der Waals surface area contributed by atoms with Crippen molar-refractivity contribution in [1.29, 1.82) is 0 Å². The zero-order valence-corrected chi connectivity index (χ0v) is 8.89. The number of halogens is 1. The molecule has 1 aromatic carbocycles. The molecule has 1 rings (SSSR count). The zero-order chi connectivity index (χ0) is 10.7. The first kappa shape index (κ1) is 10.9. The molecule has 0 aliphatic carbocycles. The van der Waals surface area contributed by atoms with Gasteiger partial charge in [-0.2, -0.15) is 0 Å². The summed E-state index contributed by atoms with van der Waals surface area (Å²) in [5.74, 6) is 0.160.